The highest BCUT2D eigenvalue weighted by Gasteiger charge is 2.50. The molecule has 4 aliphatic rings. The predicted molar refractivity (Wildman–Crippen MR) is 136 cm³/mol. The molecule has 4 aliphatic carbocycles. The molecule has 0 saturated heterocycles. The van der Waals surface area contributed by atoms with Gasteiger partial charge >= 0.3 is 5.97 Å². The molecule has 4 fully saturated rings. The minimum atomic E-state index is -1.06. The number of carboxylic acids is 1. The second kappa shape index (κ2) is 9.57. The van der Waals surface area contributed by atoms with Gasteiger partial charge in [-0.05, 0) is 57.4 Å². The first-order valence-electron chi connectivity index (χ1n) is 12.6. The van der Waals surface area contributed by atoms with Gasteiger partial charge in [-0.25, -0.2) is 9.78 Å². The van der Waals surface area contributed by atoms with E-state index in [1.165, 1.54) is 6.07 Å². The van der Waals surface area contributed by atoms with Crippen molar-refractivity contribution in [2.24, 2.45) is 5.41 Å². The summed E-state index contributed by atoms with van der Waals surface area (Å²) in [6.45, 7) is 0.925. The Bertz CT molecular complexity index is 1290. The van der Waals surface area contributed by atoms with Crippen molar-refractivity contribution in [1.82, 2.24) is 15.1 Å². The van der Waals surface area contributed by atoms with Crippen molar-refractivity contribution >= 4 is 29.2 Å². The molecule has 0 aromatic carbocycles. The first-order valence-corrected chi connectivity index (χ1v) is 13.4. The van der Waals surface area contributed by atoms with E-state index < -0.39 is 5.97 Å². The van der Waals surface area contributed by atoms with E-state index in [2.05, 4.69) is 15.1 Å². The lowest BCUT2D eigenvalue weighted by Gasteiger charge is -2.52. The molecule has 1 N–H and O–H groups in total. The van der Waals surface area contributed by atoms with Crippen molar-refractivity contribution in [3.63, 3.8) is 0 Å². The van der Waals surface area contributed by atoms with E-state index in [-0.39, 0.29) is 16.7 Å². The Kier molecular flexibility index (Phi) is 6.37. The number of ether oxygens (including phenoxy) is 2. The van der Waals surface area contributed by atoms with Gasteiger partial charge < -0.3 is 19.1 Å². The Morgan fingerprint density at radius 2 is 1.78 bits per heavy atom. The Morgan fingerprint density at radius 1 is 1.08 bits per heavy atom. The van der Waals surface area contributed by atoms with Crippen LogP contribution in [0.4, 0.5) is 0 Å². The molecule has 4 saturated carbocycles. The minimum Gasteiger partial charge on any atom is -0.477 e. The van der Waals surface area contributed by atoms with Gasteiger partial charge in [0.05, 0.1) is 28.9 Å². The summed E-state index contributed by atoms with van der Waals surface area (Å²) in [5.74, 6) is 0.539. The highest BCUT2D eigenvalue weighted by Crippen LogP contribution is 2.55. The van der Waals surface area contributed by atoms with Crippen LogP contribution in [0.15, 0.2) is 35.1 Å². The van der Waals surface area contributed by atoms with Crippen LogP contribution in [0.5, 0.6) is 5.88 Å². The van der Waals surface area contributed by atoms with E-state index in [0.29, 0.717) is 46.3 Å². The summed E-state index contributed by atoms with van der Waals surface area (Å²) in [5.41, 5.74) is 2.07. The first kappa shape index (κ1) is 24.6. The van der Waals surface area contributed by atoms with Gasteiger partial charge in [-0.2, -0.15) is 0 Å². The zero-order chi connectivity index (χ0) is 25.6. The monoisotopic (exact) mass is 543 g/mol. The van der Waals surface area contributed by atoms with Crippen molar-refractivity contribution in [1.29, 1.82) is 0 Å². The Hall–Kier alpha value is -2.68. The molecular weight excluding hydrogens is 517 g/mol. The number of aromatic nitrogens is 3. The predicted octanol–water partition coefficient (Wildman–Crippen LogP) is 6.70. The lowest BCUT2D eigenvalue weighted by Crippen LogP contribution is -2.49. The van der Waals surface area contributed by atoms with Crippen LogP contribution in [-0.4, -0.2) is 38.4 Å². The summed E-state index contributed by atoms with van der Waals surface area (Å²) in [5, 5.41) is 14.4. The van der Waals surface area contributed by atoms with Gasteiger partial charge in [-0.15, -0.1) is 0 Å². The van der Waals surface area contributed by atoms with Crippen molar-refractivity contribution in [2.45, 2.75) is 69.5 Å². The standard InChI is InChI=1S/C27H27Cl2N3O5/c28-18-12-30-13-19(29)22(18)23-17(24(37-32-23)16-4-5-16)14-36-27-9-6-26(7-10-27,8-11-27)15-35-21-3-1-2-20(31-21)25(33)34/h1-3,12-13,16H,4-11,14-15H2,(H,33,34). The van der Waals surface area contributed by atoms with E-state index in [9.17, 15) is 9.90 Å². The first-order chi connectivity index (χ1) is 17.9. The number of fused-ring (bicyclic) bond motifs is 3. The Morgan fingerprint density at radius 3 is 2.43 bits per heavy atom. The molecule has 0 unspecified atom stereocenters. The molecule has 0 amide bonds. The SMILES string of the molecule is O=C(O)c1cccc(OCC23CCC(OCc4c(-c5c(Cl)cncc5Cl)noc4C4CC4)(CC2)CC3)n1. The molecule has 3 aromatic rings. The number of carbonyl (C=O) groups is 1. The minimum absolute atomic E-state index is 0.0114. The molecule has 2 bridgehead atoms. The van der Waals surface area contributed by atoms with Crippen LogP contribution in [0.1, 0.15) is 79.1 Å². The average molecular weight is 544 g/mol. The van der Waals surface area contributed by atoms with Crippen molar-refractivity contribution in [3.05, 3.63) is 57.7 Å². The Labute approximate surface area is 224 Å². The summed E-state index contributed by atoms with van der Waals surface area (Å²) in [6.07, 6.45) is 11.1. The summed E-state index contributed by atoms with van der Waals surface area (Å²) in [6, 6.07) is 4.83. The van der Waals surface area contributed by atoms with Gasteiger partial charge in [-0.3, -0.25) is 4.98 Å². The quantitative estimate of drug-likeness (QED) is 0.317. The number of aromatic carboxylic acids is 1. The highest BCUT2D eigenvalue weighted by atomic mass is 35.5. The van der Waals surface area contributed by atoms with Crippen LogP contribution in [0.2, 0.25) is 10.0 Å². The van der Waals surface area contributed by atoms with E-state index >= 15 is 0 Å². The number of rotatable bonds is 9. The summed E-state index contributed by atoms with van der Waals surface area (Å²) in [4.78, 5) is 19.4. The molecule has 37 heavy (non-hydrogen) atoms. The van der Waals surface area contributed by atoms with E-state index in [1.54, 1.807) is 24.5 Å². The number of carboxylic acid groups (broad SMARTS) is 1. The van der Waals surface area contributed by atoms with Gasteiger partial charge in [0, 0.05) is 40.9 Å². The van der Waals surface area contributed by atoms with E-state index in [4.69, 9.17) is 37.2 Å². The maximum atomic E-state index is 11.2. The van der Waals surface area contributed by atoms with Gasteiger partial charge in [0.15, 0.2) is 5.69 Å². The third-order valence-electron chi connectivity index (χ3n) is 8.18. The maximum absolute atomic E-state index is 11.2. The molecule has 0 radical (unpaired) electrons. The number of hydrogen-bond acceptors (Lipinski definition) is 7. The van der Waals surface area contributed by atoms with Gasteiger partial charge in [0.2, 0.25) is 5.88 Å². The molecule has 3 aromatic heterocycles. The second-order valence-electron chi connectivity index (χ2n) is 10.6. The Balaban J connectivity index is 1.14. The fourth-order valence-electron chi connectivity index (χ4n) is 5.69. The average Bonchev–Trinajstić information content (AvgIpc) is 3.68. The lowest BCUT2D eigenvalue weighted by atomic mass is 9.59. The maximum Gasteiger partial charge on any atom is 0.354 e. The number of nitrogens with zero attached hydrogens (tertiary/aromatic N) is 3. The van der Waals surface area contributed by atoms with Gasteiger partial charge in [-0.1, -0.05) is 34.4 Å². The molecule has 10 heteroatoms. The smallest absolute Gasteiger partial charge is 0.354 e. The van der Waals surface area contributed by atoms with Gasteiger partial charge in [0.25, 0.3) is 0 Å². The second-order valence-corrected chi connectivity index (χ2v) is 11.4. The van der Waals surface area contributed by atoms with Crippen LogP contribution >= 0.6 is 23.2 Å². The topological polar surface area (TPSA) is 108 Å². The zero-order valence-corrected chi connectivity index (χ0v) is 21.7. The largest absolute Gasteiger partial charge is 0.477 e. The third kappa shape index (κ3) is 4.82. The fraction of sp³-hybridized carbons (Fsp3) is 0.481. The van der Waals surface area contributed by atoms with Crippen molar-refractivity contribution in [2.75, 3.05) is 6.61 Å². The van der Waals surface area contributed by atoms with E-state index in [1.807, 2.05) is 0 Å². The fourth-order valence-corrected chi connectivity index (χ4v) is 6.23. The third-order valence-corrected chi connectivity index (χ3v) is 8.75. The van der Waals surface area contributed by atoms with E-state index in [0.717, 1.165) is 62.7 Å². The lowest BCUT2D eigenvalue weighted by molar-refractivity contribution is -0.150. The summed E-state index contributed by atoms with van der Waals surface area (Å²) in [7, 11) is 0. The molecule has 3 heterocycles. The molecule has 0 atom stereocenters. The van der Waals surface area contributed by atoms with Crippen LogP contribution in [0, 0.1) is 5.41 Å². The van der Waals surface area contributed by atoms with Crippen LogP contribution in [-0.2, 0) is 11.3 Å². The summed E-state index contributed by atoms with van der Waals surface area (Å²) >= 11 is 12.9. The van der Waals surface area contributed by atoms with Crippen LogP contribution in [0.25, 0.3) is 11.3 Å². The van der Waals surface area contributed by atoms with Crippen molar-refractivity contribution in [3.8, 4) is 17.1 Å². The normalized spacial score (nSPS) is 24.8. The highest BCUT2D eigenvalue weighted by molar-refractivity contribution is 6.38. The molecule has 0 aliphatic heterocycles. The number of halogens is 2. The molecule has 194 valence electrons. The number of pyridine rings is 2. The van der Waals surface area contributed by atoms with Gasteiger partial charge in [0.1, 0.15) is 11.5 Å². The molecule has 7 rings (SSSR count). The molecular formula is C27H27Cl2N3O5. The molecule has 8 nitrogen and oxygen atoms in total. The zero-order valence-electron chi connectivity index (χ0n) is 20.2. The summed E-state index contributed by atoms with van der Waals surface area (Å²) < 4.78 is 18.5. The molecule has 0 spiro atoms. The van der Waals surface area contributed by atoms with Crippen molar-refractivity contribution < 1.29 is 23.9 Å². The number of hydrogen-bond donors (Lipinski definition) is 1. The van der Waals surface area contributed by atoms with Crippen LogP contribution < -0.4 is 4.74 Å². The van der Waals surface area contributed by atoms with Crippen LogP contribution in [0.3, 0.4) is 0 Å².